The molecule has 0 bridgehead atoms. The van der Waals surface area contributed by atoms with Gasteiger partial charge >= 0.3 is 0 Å². The lowest BCUT2D eigenvalue weighted by atomic mass is 10.4. The van der Waals surface area contributed by atoms with Gasteiger partial charge in [-0.25, -0.2) is 0 Å². The van der Waals surface area contributed by atoms with Gasteiger partial charge in [0.15, 0.2) is 0 Å². The fourth-order valence-electron chi connectivity index (χ4n) is 0.306. The second-order valence-electron chi connectivity index (χ2n) is 1.48. The van der Waals surface area contributed by atoms with E-state index in [1.54, 1.807) is 13.3 Å². The number of nitrogens with one attached hydrogen (secondary N) is 2. The summed E-state index contributed by atoms with van der Waals surface area (Å²) in [6.45, 7) is 0. The van der Waals surface area contributed by atoms with Gasteiger partial charge in [0, 0.05) is 7.05 Å². The quantitative estimate of drug-likeness (QED) is 0.439. The Balaban J connectivity index is 3.47. The molecule has 0 aromatic rings. The lowest BCUT2D eigenvalue weighted by Gasteiger charge is -1.96. The third kappa shape index (κ3) is 4.02. The SMILES string of the molecule is CNC(=O)CC(=N)SC. The highest BCUT2D eigenvalue weighted by atomic mass is 32.2. The summed E-state index contributed by atoms with van der Waals surface area (Å²) in [6, 6.07) is 0. The van der Waals surface area contributed by atoms with Crippen LogP contribution in [-0.2, 0) is 4.79 Å². The highest BCUT2D eigenvalue weighted by Gasteiger charge is 2.00. The third-order valence-corrected chi connectivity index (χ3v) is 1.48. The molecule has 2 N–H and O–H groups in total. The lowest BCUT2D eigenvalue weighted by molar-refractivity contribution is -0.119. The molecule has 0 aliphatic rings. The molecule has 0 heterocycles. The van der Waals surface area contributed by atoms with Crippen molar-refractivity contribution in [3.05, 3.63) is 0 Å². The maximum absolute atomic E-state index is 10.5. The van der Waals surface area contributed by atoms with Crippen molar-refractivity contribution in [2.24, 2.45) is 0 Å². The molecule has 0 aliphatic carbocycles. The van der Waals surface area contributed by atoms with Crippen LogP contribution in [0.3, 0.4) is 0 Å². The van der Waals surface area contributed by atoms with Crippen LogP contribution in [-0.4, -0.2) is 24.3 Å². The summed E-state index contributed by atoms with van der Waals surface area (Å²) in [7, 11) is 1.57. The van der Waals surface area contributed by atoms with E-state index in [1.807, 2.05) is 0 Å². The maximum atomic E-state index is 10.5. The van der Waals surface area contributed by atoms with Gasteiger partial charge in [-0.1, -0.05) is 0 Å². The number of rotatable bonds is 2. The maximum Gasteiger partial charge on any atom is 0.226 e. The van der Waals surface area contributed by atoms with Crippen LogP contribution >= 0.6 is 11.8 Å². The minimum absolute atomic E-state index is 0.102. The van der Waals surface area contributed by atoms with Crippen molar-refractivity contribution in [3.63, 3.8) is 0 Å². The average Bonchev–Trinajstić information content (AvgIpc) is 1.87. The normalized spacial score (nSPS) is 8.67. The van der Waals surface area contributed by atoms with Gasteiger partial charge in [0.1, 0.15) is 0 Å². The summed E-state index contributed by atoms with van der Waals surface area (Å²) in [5, 5.41) is 9.91. The fourth-order valence-corrected chi connectivity index (χ4v) is 0.582. The number of amides is 1. The molecule has 9 heavy (non-hydrogen) atoms. The molecule has 0 rings (SSSR count). The van der Waals surface area contributed by atoms with Crippen LogP contribution in [0.5, 0.6) is 0 Å². The molecule has 1 amide bonds. The van der Waals surface area contributed by atoms with Crippen LogP contribution in [0, 0.1) is 5.41 Å². The molecule has 0 saturated carbocycles. The van der Waals surface area contributed by atoms with Crippen LogP contribution in [0.15, 0.2) is 0 Å². The van der Waals surface area contributed by atoms with E-state index in [4.69, 9.17) is 5.41 Å². The molecule has 0 aromatic heterocycles. The van der Waals surface area contributed by atoms with Crippen molar-refractivity contribution < 1.29 is 4.79 Å². The first-order chi connectivity index (χ1) is 4.20. The number of thioether (sulfide) groups is 1. The molecule has 3 nitrogen and oxygen atoms in total. The van der Waals surface area contributed by atoms with E-state index >= 15 is 0 Å². The van der Waals surface area contributed by atoms with Crippen molar-refractivity contribution >= 4 is 22.7 Å². The Bertz CT molecular complexity index is 110. The highest BCUT2D eigenvalue weighted by Crippen LogP contribution is 1.98. The van der Waals surface area contributed by atoms with Gasteiger partial charge in [0.05, 0.1) is 11.5 Å². The zero-order valence-corrected chi connectivity index (χ0v) is 6.34. The Morgan fingerprint density at radius 1 is 1.78 bits per heavy atom. The minimum atomic E-state index is -0.102. The summed E-state index contributed by atoms with van der Waals surface area (Å²) >= 11 is 1.29. The largest absolute Gasteiger partial charge is 0.359 e. The molecule has 0 unspecified atom stereocenters. The first-order valence-electron chi connectivity index (χ1n) is 2.52. The van der Waals surface area contributed by atoms with Crippen molar-refractivity contribution in [2.45, 2.75) is 6.42 Å². The molecule has 0 radical (unpaired) electrons. The smallest absolute Gasteiger partial charge is 0.226 e. The third-order valence-electron chi connectivity index (χ3n) is 0.846. The highest BCUT2D eigenvalue weighted by molar-refractivity contribution is 8.13. The first-order valence-corrected chi connectivity index (χ1v) is 3.75. The van der Waals surface area contributed by atoms with E-state index in [-0.39, 0.29) is 12.3 Å². The Morgan fingerprint density at radius 3 is 2.67 bits per heavy atom. The second kappa shape index (κ2) is 4.38. The summed E-state index contributed by atoms with van der Waals surface area (Å²) < 4.78 is 0. The summed E-state index contributed by atoms with van der Waals surface area (Å²) in [5.74, 6) is -0.102. The van der Waals surface area contributed by atoms with E-state index in [0.29, 0.717) is 5.04 Å². The molecule has 0 aliphatic heterocycles. The van der Waals surface area contributed by atoms with Crippen LogP contribution in [0.2, 0.25) is 0 Å². The summed E-state index contributed by atoms with van der Waals surface area (Å²) in [4.78, 5) is 10.5. The molecule has 4 heteroatoms. The van der Waals surface area contributed by atoms with Gasteiger partial charge in [-0.3, -0.25) is 10.2 Å². The van der Waals surface area contributed by atoms with Gasteiger partial charge < -0.3 is 5.32 Å². The number of hydrogen-bond donors (Lipinski definition) is 2. The molecule has 0 aromatic carbocycles. The number of hydrogen-bond acceptors (Lipinski definition) is 3. The van der Waals surface area contributed by atoms with Gasteiger partial charge in [0.2, 0.25) is 5.91 Å². The topological polar surface area (TPSA) is 53.0 Å². The molecule has 0 fully saturated rings. The summed E-state index contributed by atoms with van der Waals surface area (Å²) in [5.41, 5.74) is 0. The van der Waals surface area contributed by atoms with Gasteiger partial charge in [-0.05, 0) is 6.26 Å². The predicted octanol–water partition coefficient (Wildman–Crippen LogP) is 0.463. The monoisotopic (exact) mass is 146 g/mol. The van der Waals surface area contributed by atoms with E-state index in [0.717, 1.165) is 0 Å². The zero-order valence-electron chi connectivity index (χ0n) is 5.52. The molecular weight excluding hydrogens is 136 g/mol. The van der Waals surface area contributed by atoms with E-state index < -0.39 is 0 Å². The van der Waals surface area contributed by atoms with E-state index in [2.05, 4.69) is 5.32 Å². The Morgan fingerprint density at radius 2 is 2.33 bits per heavy atom. The Labute approximate surface area is 58.7 Å². The molecule has 52 valence electrons. The molecule has 0 atom stereocenters. The number of carbonyl (C=O) groups is 1. The molecule has 0 saturated heterocycles. The van der Waals surface area contributed by atoms with Gasteiger partial charge in [0.25, 0.3) is 0 Å². The van der Waals surface area contributed by atoms with Crippen LogP contribution in [0.4, 0.5) is 0 Å². The second-order valence-corrected chi connectivity index (χ2v) is 2.38. The van der Waals surface area contributed by atoms with E-state index in [1.165, 1.54) is 11.8 Å². The average molecular weight is 146 g/mol. The fraction of sp³-hybridized carbons (Fsp3) is 0.600. The summed E-state index contributed by atoms with van der Waals surface area (Å²) in [6.07, 6.45) is 1.99. The minimum Gasteiger partial charge on any atom is -0.359 e. The standard InChI is InChI=1S/C5H10N2OS/c1-7-5(8)3-4(6)9-2/h6H,3H2,1-2H3,(H,7,8). The van der Waals surface area contributed by atoms with Crippen molar-refractivity contribution in [1.29, 1.82) is 5.41 Å². The number of carbonyl (C=O) groups excluding carboxylic acids is 1. The van der Waals surface area contributed by atoms with Crippen LogP contribution < -0.4 is 5.32 Å². The lowest BCUT2D eigenvalue weighted by Crippen LogP contribution is -2.19. The molecular formula is C5H10N2OS. The first kappa shape index (κ1) is 8.49. The van der Waals surface area contributed by atoms with Crippen LogP contribution in [0.25, 0.3) is 0 Å². The Kier molecular flexibility index (Phi) is 4.13. The zero-order chi connectivity index (χ0) is 7.28. The van der Waals surface area contributed by atoms with Crippen molar-refractivity contribution in [3.8, 4) is 0 Å². The van der Waals surface area contributed by atoms with Crippen molar-refractivity contribution in [2.75, 3.05) is 13.3 Å². The Hall–Kier alpha value is -0.510. The molecule has 0 spiro atoms. The van der Waals surface area contributed by atoms with Gasteiger partial charge in [-0.2, -0.15) is 0 Å². The van der Waals surface area contributed by atoms with E-state index in [9.17, 15) is 4.79 Å². The van der Waals surface area contributed by atoms with Gasteiger partial charge in [-0.15, -0.1) is 11.8 Å². The predicted molar refractivity (Wildman–Crippen MR) is 39.9 cm³/mol. The van der Waals surface area contributed by atoms with Crippen LogP contribution in [0.1, 0.15) is 6.42 Å². The van der Waals surface area contributed by atoms with Crippen molar-refractivity contribution in [1.82, 2.24) is 5.32 Å².